The molecule has 1 aromatic rings. The Labute approximate surface area is 116 Å². The zero-order valence-electron chi connectivity index (χ0n) is 10.3. The standard InChI is InChI=1S/C12H15NO4S2/c14-12(15)4-3-10-5-7-18-11(10)9-13-6-1-2-8-19(13,16)17/h3-5,7H,1-2,6,8-9H2,(H,14,15)/b4-3+. The van der Waals surface area contributed by atoms with Crippen LogP contribution >= 0.6 is 11.3 Å². The van der Waals surface area contributed by atoms with E-state index in [-0.39, 0.29) is 5.75 Å². The molecule has 7 heteroatoms. The quantitative estimate of drug-likeness (QED) is 0.860. The lowest BCUT2D eigenvalue weighted by Crippen LogP contribution is -2.37. The third-order valence-electron chi connectivity index (χ3n) is 2.96. The molecule has 104 valence electrons. The first-order chi connectivity index (χ1) is 8.99. The molecule has 1 N–H and O–H groups in total. The van der Waals surface area contributed by atoms with Crippen LogP contribution in [0.15, 0.2) is 17.5 Å². The molecule has 2 rings (SSSR count). The zero-order valence-corrected chi connectivity index (χ0v) is 11.9. The summed E-state index contributed by atoms with van der Waals surface area (Å²) in [5.41, 5.74) is 0.771. The fourth-order valence-electron chi connectivity index (χ4n) is 1.97. The van der Waals surface area contributed by atoms with Gasteiger partial charge in [-0.3, -0.25) is 0 Å². The number of hydrogen-bond donors (Lipinski definition) is 1. The Hall–Kier alpha value is -1.18. The Morgan fingerprint density at radius 3 is 2.95 bits per heavy atom. The highest BCUT2D eigenvalue weighted by atomic mass is 32.2. The van der Waals surface area contributed by atoms with Crippen molar-refractivity contribution >= 4 is 33.4 Å². The van der Waals surface area contributed by atoms with E-state index in [2.05, 4.69) is 0 Å². The number of aliphatic carboxylic acids is 1. The van der Waals surface area contributed by atoms with E-state index in [1.807, 2.05) is 5.38 Å². The summed E-state index contributed by atoms with van der Waals surface area (Å²) in [6.45, 7) is 0.877. The van der Waals surface area contributed by atoms with E-state index < -0.39 is 16.0 Å². The maximum atomic E-state index is 11.9. The van der Waals surface area contributed by atoms with Gasteiger partial charge >= 0.3 is 5.97 Å². The van der Waals surface area contributed by atoms with Crippen LogP contribution in [-0.2, 0) is 21.4 Å². The molecule has 0 radical (unpaired) electrons. The molecule has 0 aromatic carbocycles. The first kappa shape index (κ1) is 14.2. The van der Waals surface area contributed by atoms with Gasteiger partial charge in [-0.2, -0.15) is 4.31 Å². The summed E-state index contributed by atoms with van der Waals surface area (Å²) in [6, 6.07) is 1.80. The van der Waals surface area contributed by atoms with Gasteiger partial charge in [-0.05, 0) is 35.9 Å². The van der Waals surface area contributed by atoms with Gasteiger partial charge in [0, 0.05) is 24.0 Å². The second kappa shape index (κ2) is 5.85. The number of thiophene rings is 1. The third-order valence-corrected chi connectivity index (χ3v) is 5.78. The van der Waals surface area contributed by atoms with Crippen molar-refractivity contribution in [1.29, 1.82) is 0 Å². The molecule has 1 saturated heterocycles. The molecule has 5 nitrogen and oxygen atoms in total. The largest absolute Gasteiger partial charge is 0.478 e. The number of rotatable bonds is 4. The van der Waals surface area contributed by atoms with Gasteiger partial charge in [0.2, 0.25) is 10.0 Å². The van der Waals surface area contributed by atoms with E-state index >= 15 is 0 Å². The molecule has 1 aliphatic rings. The molecule has 1 fully saturated rings. The summed E-state index contributed by atoms with van der Waals surface area (Å²) in [5.74, 6) is -0.804. The molecule has 19 heavy (non-hydrogen) atoms. The minimum atomic E-state index is -3.15. The molecular weight excluding hydrogens is 286 g/mol. The van der Waals surface area contributed by atoms with Crippen LogP contribution in [0.5, 0.6) is 0 Å². The van der Waals surface area contributed by atoms with Crippen molar-refractivity contribution in [2.24, 2.45) is 0 Å². The van der Waals surface area contributed by atoms with Crippen molar-refractivity contribution < 1.29 is 18.3 Å². The van der Waals surface area contributed by atoms with Crippen molar-refractivity contribution in [1.82, 2.24) is 4.31 Å². The van der Waals surface area contributed by atoms with Crippen LogP contribution in [0.4, 0.5) is 0 Å². The van der Waals surface area contributed by atoms with Crippen molar-refractivity contribution in [2.75, 3.05) is 12.3 Å². The summed E-state index contributed by atoms with van der Waals surface area (Å²) in [6.07, 6.45) is 4.17. The number of carbonyl (C=O) groups is 1. The van der Waals surface area contributed by atoms with Gasteiger partial charge in [0.25, 0.3) is 0 Å². The molecule has 2 heterocycles. The molecule has 1 aliphatic heterocycles. The molecule has 0 saturated carbocycles. The highest BCUT2D eigenvalue weighted by molar-refractivity contribution is 7.89. The Morgan fingerprint density at radius 2 is 2.26 bits per heavy atom. The van der Waals surface area contributed by atoms with Crippen molar-refractivity contribution in [3.63, 3.8) is 0 Å². The monoisotopic (exact) mass is 301 g/mol. The molecule has 0 atom stereocenters. The Balaban J connectivity index is 2.15. The molecule has 0 amide bonds. The summed E-state index contributed by atoms with van der Waals surface area (Å²) >= 11 is 1.45. The topological polar surface area (TPSA) is 74.7 Å². The van der Waals surface area contributed by atoms with E-state index in [0.717, 1.165) is 29.4 Å². The highest BCUT2D eigenvalue weighted by Gasteiger charge is 2.26. The van der Waals surface area contributed by atoms with E-state index in [1.54, 1.807) is 6.07 Å². The predicted octanol–water partition coefficient (Wildman–Crippen LogP) is 1.77. The van der Waals surface area contributed by atoms with Gasteiger partial charge in [0.15, 0.2) is 0 Å². The van der Waals surface area contributed by atoms with Crippen LogP contribution in [0.2, 0.25) is 0 Å². The van der Waals surface area contributed by atoms with Gasteiger partial charge in [-0.1, -0.05) is 0 Å². The molecule has 1 aromatic heterocycles. The Bertz CT molecular complexity index is 589. The van der Waals surface area contributed by atoms with E-state index in [1.165, 1.54) is 21.7 Å². The molecule has 0 spiro atoms. The Kier molecular flexibility index (Phi) is 4.38. The lowest BCUT2D eigenvalue weighted by Gasteiger charge is -2.25. The molecule has 0 unspecified atom stereocenters. The van der Waals surface area contributed by atoms with Crippen LogP contribution < -0.4 is 0 Å². The number of hydrogen-bond acceptors (Lipinski definition) is 4. The molecule has 0 bridgehead atoms. The average molecular weight is 301 g/mol. The average Bonchev–Trinajstić information content (AvgIpc) is 2.76. The molecular formula is C12H15NO4S2. The lowest BCUT2D eigenvalue weighted by atomic mass is 10.2. The van der Waals surface area contributed by atoms with Gasteiger partial charge in [-0.15, -0.1) is 11.3 Å². The second-order valence-electron chi connectivity index (χ2n) is 4.33. The van der Waals surface area contributed by atoms with E-state index in [4.69, 9.17) is 5.11 Å². The van der Waals surface area contributed by atoms with E-state index in [9.17, 15) is 13.2 Å². The maximum absolute atomic E-state index is 11.9. The smallest absolute Gasteiger partial charge is 0.328 e. The van der Waals surface area contributed by atoms with Crippen LogP contribution in [0.3, 0.4) is 0 Å². The summed E-state index contributed by atoms with van der Waals surface area (Å²) in [7, 11) is -3.15. The summed E-state index contributed by atoms with van der Waals surface area (Å²) in [4.78, 5) is 11.4. The minimum absolute atomic E-state index is 0.207. The number of carboxylic acid groups (broad SMARTS) is 1. The molecule has 0 aliphatic carbocycles. The van der Waals surface area contributed by atoms with Gasteiger partial charge in [0.05, 0.1) is 5.75 Å². The maximum Gasteiger partial charge on any atom is 0.328 e. The van der Waals surface area contributed by atoms with Crippen LogP contribution in [0.25, 0.3) is 6.08 Å². The van der Waals surface area contributed by atoms with Crippen molar-refractivity contribution in [3.05, 3.63) is 28.0 Å². The van der Waals surface area contributed by atoms with Crippen molar-refractivity contribution in [3.8, 4) is 0 Å². The lowest BCUT2D eigenvalue weighted by molar-refractivity contribution is -0.131. The second-order valence-corrected chi connectivity index (χ2v) is 7.42. The Morgan fingerprint density at radius 1 is 1.47 bits per heavy atom. The summed E-state index contributed by atoms with van der Waals surface area (Å²) < 4.78 is 25.3. The minimum Gasteiger partial charge on any atom is -0.478 e. The first-order valence-electron chi connectivity index (χ1n) is 5.94. The van der Waals surface area contributed by atoms with E-state index in [0.29, 0.717) is 13.1 Å². The van der Waals surface area contributed by atoms with Crippen LogP contribution in [0.1, 0.15) is 23.3 Å². The zero-order chi connectivity index (χ0) is 13.9. The highest BCUT2D eigenvalue weighted by Crippen LogP contribution is 2.24. The van der Waals surface area contributed by atoms with Crippen molar-refractivity contribution in [2.45, 2.75) is 19.4 Å². The van der Waals surface area contributed by atoms with Crippen LogP contribution in [-0.4, -0.2) is 36.1 Å². The predicted molar refractivity (Wildman–Crippen MR) is 74.4 cm³/mol. The van der Waals surface area contributed by atoms with Gasteiger partial charge < -0.3 is 5.11 Å². The fourth-order valence-corrected chi connectivity index (χ4v) is 4.49. The van der Waals surface area contributed by atoms with Gasteiger partial charge in [0.1, 0.15) is 0 Å². The number of sulfonamides is 1. The SMILES string of the molecule is O=C(O)/C=C/c1ccsc1CN1CCCCS1(=O)=O. The number of carboxylic acids is 1. The fraction of sp³-hybridized carbons (Fsp3) is 0.417. The van der Waals surface area contributed by atoms with Gasteiger partial charge in [-0.25, -0.2) is 13.2 Å². The third kappa shape index (κ3) is 3.65. The number of nitrogens with zero attached hydrogens (tertiary/aromatic N) is 1. The normalized spacial score (nSPS) is 19.8. The first-order valence-corrected chi connectivity index (χ1v) is 8.43. The van der Waals surface area contributed by atoms with Crippen LogP contribution in [0, 0.1) is 0 Å². The summed E-state index contributed by atoms with van der Waals surface area (Å²) in [5, 5.41) is 10.5.